The van der Waals surface area contributed by atoms with Gasteiger partial charge in [-0.15, -0.1) is 0 Å². The Morgan fingerprint density at radius 3 is 2.88 bits per heavy atom. The van der Waals surface area contributed by atoms with Gasteiger partial charge >= 0.3 is 6.09 Å². The first-order valence-electron chi connectivity index (χ1n) is 4.71. The number of nitro benzene ring substituents is 1. The fourth-order valence-electron chi connectivity index (χ4n) is 1.63. The van der Waals surface area contributed by atoms with E-state index in [0.717, 1.165) is 0 Å². The highest BCUT2D eigenvalue weighted by atomic mass is 16.6. The number of amides is 1. The first-order chi connectivity index (χ1) is 7.51. The van der Waals surface area contributed by atoms with E-state index in [0.29, 0.717) is 5.56 Å². The second-order valence-electron chi connectivity index (χ2n) is 3.84. The maximum absolute atomic E-state index is 11.0. The predicted molar refractivity (Wildman–Crippen MR) is 54.9 cm³/mol. The third-order valence-electron chi connectivity index (χ3n) is 2.56. The minimum atomic E-state index is -0.691. The summed E-state index contributed by atoms with van der Waals surface area (Å²) in [6.07, 6.45) is -0.506. The minimum absolute atomic E-state index is 0.000117. The van der Waals surface area contributed by atoms with Crippen LogP contribution in [-0.4, -0.2) is 17.6 Å². The molecule has 84 valence electrons. The molecule has 1 N–H and O–H groups in total. The molecule has 1 amide bonds. The molecule has 1 aliphatic heterocycles. The fraction of sp³-hybridized carbons (Fsp3) is 0.300. The highest BCUT2D eigenvalue weighted by molar-refractivity contribution is 5.71. The summed E-state index contributed by atoms with van der Waals surface area (Å²) in [7, 11) is 0. The molecule has 0 aliphatic carbocycles. The molecule has 1 aromatic carbocycles. The van der Waals surface area contributed by atoms with Crippen LogP contribution in [0.4, 0.5) is 10.5 Å². The highest BCUT2D eigenvalue weighted by Gasteiger charge is 2.37. The van der Waals surface area contributed by atoms with Crippen molar-refractivity contribution in [3.05, 3.63) is 39.9 Å². The molecule has 0 saturated carbocycles. The van der Waals surface area contributed by atoms with Gasteiger partial charge < -0.3 is 10.1 Å². The van der Waals surface area contributed by atoms with Crippen LogP contribution < -0.4 is 5.32 Å². The molecule has 0 aromatic heterocycles. The van der Waals surface area contributed by atoms with Crippen molar-refractivity contribution in [3.8, 4) is 0 Å². The Morgan fingerprint density at radius 2 is 2.31 bits per heavy atom. The molecule has 1 saturated heterocycles. The van der Waals surface area contributed by atoms with E-state index in [-0.39, 0.29) is 12.3 Å². The van der Waals surface area contributed by atoms with Crippen molar-refractivity contribution in [2.45, 2.75) is 12.5 Å². The van der Waals surface area contributed by atoms with E-state index in [9.17, 15) is 14.9 Å². The maximum atomic E-state index is 11.0. The molecule has 1 atom stereocenters. The zero-order valence-electron chi connectivity index (χ0n) is 8.60. The number of alkyl carbamates (subject to hydrolysis) is 1. The van der Waals surface area contributed by atoms with Crippen molar-refractivity contribution in [3.63, 3.8) is 0 Å². The third kappa shape index (κ3) is 1.69. The maximum Gasteiger partial charge on any atom is 0.408 e. The molecule has 0 spiro atoms. The van der Waals surface area contributed by atoms with Gasteiger partial charge in [0.2, 0.25) is 0 Å². The Kier molecular flexibility index (Phi) is 2.26. The van der Waals surface area contributed by atoms with Gasteiger partial charge in [-0.1, -0.05) is 12.1 Å². The van der Waals surface area contributed by atoms with E-state index in [4.69, 9.17) is 4.74 Å². The zero-order valence-corrected chi connectivity index (χ0v) is 8.60. The van der Waals surface area contributed by atoms with Crippen molar-refractivity contribution < 1.29 is 14.5 Å². The van der Waals surface area contributed by atoms with Crippen LogP contribution in [0.15, 0.2) is 24.3 Å². The molecular weight excluding hydrogens is 212 g/mol. The smallest absolute Gasteiger partial charge is 0.408 e. The Hall–Kier alpha value is -2.11. The SMILES string of the molecule is CC1(c2cccc([N+](=O)[O-])c2)COC(=O)N1. The van der Waals surface area contributed by atoms with Crippen LogP contribution in [0, 0.1) is 10.1 Å². The number of carbonyl (C=O) groups excluding carboxylic acids is 1. The number of hydrogen-bond acceptors (Lipinski definition) is 4. The molecule has 2 rings (SSSR count). The van der Waals surface area contributed by atoms with E-state index in [1.807, 2.05) is 0 Å². The number of nitrogens with zero attached hydrogens (tertiary/aromatic N) is 1. The number of cyclic esters (lactones) is 1. The summed E-state index contributed by atoms with van der Waals surface area (Å²) in [5.41, 5.74) is -0.0317. The van der Waals surface area contributed by atoms with Crippen LogP contribution >= 0.6 is 0 Å². The average molecular weight is 222 g/mol. The quantitative estimate of drug-likeness (QED) is 0.608. The number of rotatable bonds is 2. The first-order valence-corrected chi connectivity index (χ1v) is 4.71. The molecule has 1 aliphatic rings. The number of non-ortho nitro benzene ring substituents is 1. The number of hydrogen-bond donors (Lipinski definition) is 1. The molecule has 0 radical (unpaired) electrons. The molecule has 0 bridgehead atoms. The lowest BCUT2D eigenvalue weighted by Gasteiger charge is -2.20. The monoisotopic (exact) mass is 222 g/mol. The summed E-state index contributed by atoms with van der Waals surface area (Å²) in [4.78, 5) is 21.1. The van der Waals surface area contributed by atoms with E-state index >= 15 is 0 Å². The number of ether oxygens (including phenoxy) is 1. The highest BCUT2D eigenvalue weighted by Crippen LogP contribution is 2.27. The lowest BCUT2D eigenvalue weighted by Crippen LogP contribution is -2.37. The standard InChI is InChI=1S/C10H10N2O4/c1-10(6-16-9(13)11-10)7-3-2-4-8(5-7)12(14)15/h2-5H,6H2,1H3,(H,11,13). The van der Waals surface area contributed by atoms with Crippen molar-refractivity contribution in [1.82, 2.24) is 5.32 Å². The van der Waals surface area contributed by atoms with E-state index in [1.54, 1.807) is 19.1 Å². The van der Waals surface area contributed by atoms with Gasteiger partial charge in [-0.05, 0) is 12.5 Å². The van der Waals surface area contributed by atoms with E-state index in [2.05, 4.69) is 5.32 Å². The van der Waals surface area contributed by atoms with Gasteiger partial charge in [0.25, 0.3) is 5.69 Å². The van der Waals surface area contributed by atoms with Crippen molar-refractivity contribution in [2.24, 2.45) is 0 Å². The summed E-state index contributed by atoms with van der Waals surface area (Å²) in [6.45, 7) is 1.93. The Labute approximate surface area is 91.4 Å². The van der Waals surface area contributed by atoms with Gasteiger partial charge in [0.1, 0.15) is 12.1 Å². The second kappa shape index (κ2) is 3.48. The molecular formula is C10H10N2O4. The van der Waals surface area contributed by atoms with Gasteiger partial charge in [-0.2, -0.15) is 0 Å². The van der Waals surface area contributed by atoms with Crippen LogP contribution in [-0.2, 0) is 10.3 Å². The van der Waals surface area contributed by atoms with Gasteiger partial charge in [0.15, 0.2) is 0 Å². The zero-order chi connectivity index (χ0) is 11.8. The number of nitro groups is 1. The Bertz CT molecular complexity index is 460. The summed E-state index contributed by atoms with van der Waals surface area (Å²) in [5, 5.41) is 13.3. The van der Waals surface area contributed by atoms with Crippen LogP contribution in [0.1, 0.15) is 12.5 Å². The van der Waals surface area contributed by atoms with E-state index in [1.165, 1.54) is 12.1 Å². The molecule has 1 unspecified atom stereocenters. The molecule has 1 aromatic rings. The largest absolute Gasteiger partial charge is 0.447 e. The normalized spacial score (nSPS) is 23.7. The predicted octanol–water partition coefficient (Wildman–Crippen LogP) is 1.55. The lowest BCUT2D eigenvalue weighted by atomic mass is 9.93. The Balaban J connectivity index is 2.37. The summed E-state index contributed by atoms with van der Waals surface area (Å²) in [5.74, 6) is 0. The van der Waals surface area contributed by atoms with Crippen LogP contribution in [0.25, 0.3) is 0 Å². The van der Waals surface area contributed by atoms with Gasteiger partial charge in [-0.3, -0.25) is 10.1 Å². The van der Waals surface area contributed by atoms with Gasteiger partial charge in [-0.25, -0.2) is 4.79 Å². The topological polar surface area (TPSA) is 81.5 Å². The summed E-state index contributed by atoms with van der Waals surface area (Å²) in [6, 6.07) is 6.16. The molecule has 6 nitrogen and oxygen atoms in total. The number of nitrogens with one attached hydrogen (secondary N) is 1. The van der Waals surface area contributed by atoms with Gasteiger partial charge in [0.05, 0.1) is 4.92 Å². The second-order valence-corrected chi connectivity index (χ2v) is 3.84. The van der Waals surface area contributed by atoms with Crippen LogP contribution in [0.5, 0.6) is 0 Å². The third-order valence-corrected chi connectivity index (χ3v) is 2.56. The van der Waals surface area contributed by atoms with Crippen LogP contribution in [0.3, 0.4) is 0 Å². The summed E-state index contributed by atoms with van der Waals surface area (Å²) >= 11 is 0. The molecule has 6 heteroatoms. The first kappa shape index (κ1) is 10.4. The summed E-state index contributed by atoms with van der Waals surface area (Å²) < 4.78 is 4.80. The fourth-order valence-corrected chi connectivity index (χ4v) is 1.63. The Morgan fingerprint density at radius 1 is 1.56 bits per heavy atom. The van der Waals surface area contributed by atoms with Crippen molar-refractivity contribution >= 4 is 11.8 Å². The van der Waals surface area contributed by atoms with Crippen LogP contribution in [0.2, 0.25) is 0 Å². The molecule has 1 heterocycles. The number of carbonyl (C=O) groups is 1. The van der Waals surface area contributed by atoms with E-state index < -0.39 is 16.6 Å². The molecule has 16 heavy (non-hydrogen) atoms. The van der Waals surface area contributed by atoms with Gasteiger partial charge in [0, 0.05) is 12.1 Å². The van der Waals surface area contributed by atoms with Crippen molar-refractivity contribution in [2.75, 3.05) is 6.61 Å². The number of benzene rings is 1. The van der Waals surface area contributed by atoms with Crippen molar-refractivity contribution in [1.29, 1.82) is 0 Å². The lowest BCUT2D eigenvalue weighted by molar-refractivity contribution is -0.385. The minimum Gasteiger partial charge on any atom is -0.447 e. The average Bonchev–Trinajstić information content (AvgIpc) is 2.60. The molecule has 1 fully saturated rings.